The van der Waals surface area contributed by atoms with Gasteiger partial charge in [-0.05, 0) is 56.0 Å². The fourth-order valence-electron chi connectivity index (χ4n) is 3.54. The molecule has 0 spiro atoms. The van der Waals surface area contributed by atoms with E-state index in [0.717, 1.165) is 37.9 Å². The van der Waals surface area contributed by atoms with Crippen molar-refractivity contribution in [3.05, 3.63) is 59.4 Å². The average Bonchev–Trinajstić information content (AvgIpc) is 2.72. The third-order valence-corrected chi connectivity index (χ3v) is 6.42. The highest BCUT2D eigenvalue weighted by atomic mass is 32.2. The van der Waals surface area contributed by atoms with E-state index in [4.69, 9.17) is 0 Å². The van der Waals surface area contributed by atoms with E-state index in [9.17, 15) is 18.0 Å². The first kappa shape index (κ1) is 21.7. The Morgan fingerprint density at radius 2 is 1.97 bits per heavy atom. The molecule has 2 unspecified atom stereocenters. The van der Waals surface area contributed by atoms with E-state index >= 15 is 0 Å². The Labute approximate surface area is 173 Å². The maximum Gasteiger partial charge on any atom is 0.416 e. The predicted octanol–water partition coefficient (Wildman–Crippen LogP) is 6.04. The number of amides is 1. The van der Waals surface area contributed by atoms with Crippen LogP contribution in [-0.4, -0.2) is 28.4 Å². The number of piperidine rings is 1. The monoisotopic (exact) mass is 422 g/mol. The Balaban J connectivity index is 1.69. The number of nitrogens with zero attached hydrogens (tertiary/aromatic N) is 2. The molecule has 2 aromatic rings. The summed E-state index contributed by atoms with van der Waals surface area (Å²) >= 11 is 1.28. The van der Waals surface area contributed by atoms with E-state index in [0.29, 0.717) is 28.0 Å². The molecule has 0 bridgehead atoms. The third-order valence-electron chi connectivity index (χ3n) is 5.39. The molecule has 2 heterocycles. The highest BCUT2D eigenvalue weighted by Gasteiger charge is 2.31. The lowest BCUT2D eigenvalue weighted by Gasteiger charge is -2.37. The van der Waals surface area contributed by atoms with Crippen LogP contribution >= 0.6 is 11.8 Å². The summed E-state index contributed by atoms with van der Waals surface area (Å²) in [6, 6.07) is 10.7. The van der Waals surface area contributed by atoms with Gasteiger partial charge in [0.25, 0.3) is 5.91 Å². The van der Waals surface area contributed by atoms with Crippen LogP contribution in [0.15, 0.2) is 47.4 Å². The Kier molecular flexibility index (Phi) is 6.88. The van der Waals surface area contributed by atoms with E-state index in [1.165, 1.54) is 17.8 Å². The highest BCUT2D eigenvalue weighted by molar-refractivity contribution is 7.98. The van der Waals surface area contributed by atoms with Gasteiger partial charge in [0.15, 0.2) is 0 Å². The Morgan fingerprint density at radius 1 is 1.21 bits per heavy atom. The van der Waals surface area contributed by atoms with Crippen LogP contribution in [0.5, 0.6) is 0 Å². The zero-order valence-electron chi connectivity index (χ0n) is 16.6. The van der Waals surface area contributed by atoms with E-state index < -0.39 is 11.7 Å². The normalized spacial score (nSPS) is 20.0. The summed E-state index contributed by atoms with van der Waals surface area (Å²) in [4.78, 5) is 19.9. The second-order valence-electron chi connectivity index (χ2n) is 7.49. The molecule has 0 aliphatic carbocycles. The molecule has 3 nitrogen and oxygen atoms in total. The first-order valence-electron chi connectivity index (χ1n) is 9.85. The van der Waals surface area contributed by atoms with Crippen LogP contribution in [0.2, 0.25) is 0 Å². The topological polar surface area (TPSA) is 33.2 Å². The van der Waals surface area contributed by atoms with Gasteiger partial charge in [-0.3, -0.25) is 4.79 Å². The van der Waals surface area contributed by atoms with Gasteiger partial charge in [0.1, 0.15) is 5.69 Å². The van der Waals surface area contributed by atoms with Crippen molar-refractivity contribution in [2.24, 2.45) is 5.92 Å². The van der Waals surface area contributed by atoms with Crippen molar-refractivity contribution in [3.63, 3.8) is 0 Å². The van der Waals surface area contributed by atoms with Crippen molar-refractivity contribution in [3.8, 4) is 0 Å². The maximum atomic E-state index is 13.0. The first-order valence-corrected chi connectivity index (χ1v) is 10.8. The number of likely N-dealkylation sites (tertiary alicyclic amines) is 1. The minimum absolute atomic E-state index is 0.0680. The smallest absolute Gasteiger partial charge is 0.334 e. The van der Waals surface area contributed by atoms with Crippen LogP contribution in [0.3, 0.4) is 0 Å². The van der Waals surface area contributed by atoms with E-state index in [-0.39, 0.29) is 11.9 Å². The van der Waals surface area contributed by atoms with Gasteiger partial charge in [-0.2, -0.15) is 13.2 Å². The molecule has 29 heavy (non-hydrogen) atoms. The van der Waals surface area contributed by atoms with Crippen molar-refractivity contribution < 1.29 is 18.0 Å². The number of benzene rings is 1. The van der Waals surface area contributed by atoms with Gasteiger partial charge < -0.3 is 4.90 Å². The quantitative estimate of drug-likeness (QED) is 0.551. The zero-order chi connectivity index (χ0) is 21.0. The molecule has 3 rings (SSSR count). The fourth-order valence-corrected chi connectivity index (χ4v) is 4.40. The summed E-state index contributed by atoms with van der Waals surface area (Å²) in [7, 11) is 0. The molecule has 7 heteroatoms. The molecule has 0 N–H and O–H groups in total. The lowest BCUT2D eigenvalue weighted by molar-refractivity contribution is -0.137. The van der Waals surface area contributed by atoms with Crippen molar-refractivity contribution in [1.29, 1.82) is 0 Å². The summed E-state index contributed by atoms with van der Waals surface area (Å²) in [5.41, 5.74) is 0.412. The number of carbonyl (C=O) groups excluding carboxylic acids is 1. The molecule has 156 valence electrons. The van der Waals surface area contributed by atoms with E-state index in [1.54, 1.807) is 24.3 Å². The SMILES string of the molecule is CCC1CCC(C)N(C(=O)c2cccc(CSc3cccc(C(F)(F)F)c3)n2)C1. The number of pyridine rings is 1. The number of rotatable bonds is 5. The maximum absolute atomic E-state index is 13.0. The summed E-state index contributed by atoms with van der Waals surface area (Å²) in [5, 5.41) is 0. The van der Waals surface area contributed by atoms with Gasteiger partial charge in [-0.1, -0.05) is 25.5 Å². The largest absolute Gasteiger partial charge is 0.416 e. The number of hydrogen-bond donors (Lipinski definition) is 0. The molecule has 1 saturated heterocycles. The van der Waals surface area contributed by atoms with Gasteiger partial charge in [0.05, 0.1) is 11.3 Å². The van der Waals surface area contributed by atoms with Gasteiger partial charge in [-0.25, -0.2) is 4.98 Å². The van der Waals surface area contributed by atoms with Crippen molar-refractivity contribution in [2.45, 2.75) is 56.0 Å². The highest BCUT2D eigenvalue weighted by Crippen LogP contribution is 2.32. The van der Waals surface area contributed by atoms with Crippen LogP contribution < -0.4 is 0 Å². The van der Waals surface area contributed by atoms with E-state index in [1.807, 2.05) is 4.90 Å². The summed E-state index contributed by atoms with van der Waals surface area (Å²) in [5.74, 6) is 0.853. The molecule has 1 amide bonds. The van der Waals surface area contributed by atoms with Crippen LogP contribution in [0, 0.1) is 5.92 Å². The van der Waals surface area contributed by atoms with Gasteiger partial charge >= 0.3 is 6.18 Å². The molecule has 1 aromatic carbocycles. The molecule has 1 aromatic heterocycles. The third kappa shape index (κ3) is 5.53. The van der Waals surface area contributed by atoms with Crippen LogP contribution in [0.4, 0.5) is 13.2 Å². The van der Waals surface area contributed by atoms with Crippen molar-refractivity contribution in [2.75, 3.05) is 6.54 Å². The fraction of sp³-hybridized carbons (Fsp3) is 0.455. The number of hydrogen-bond acceptors (Lipinski definition) is 3. The van der Waals surface area contributed by atoms with Crippen molar-refractivity contribution in [1.82, 2.24) is 9.88 Å². The zero-order valence-corrected chi connectivity index (χ0v) is 17.4. The molecule has 1 fully saturated rings. The molecule has 0 saturated carbocycles. The number of carbonyl (C=O) groups is 1. The second kappa shape index (κ2) is 9.20. The van der Waals surface area contributed by atoms with Crippen LogP contribution in [0.25, 0.3) is 0 Å². The van der Waals surface area contributed by atoms with Crippen molar-refractivity contribution >= 4 is 17.7 Å². The van der Waals surface area contributed by atoms with Crippen LogP contribution in [-0.2, 0) is 11.9 Å². The van der Waals surface area contributed by atoms with Gasteiger partial charge in [-0.15, -0.1) is 11.8 Å². The first-order chi connectivity index (χ1) is 13.8. The lowest BCUT2D eigenvalue weighted by Crippen LogP contribution is -2.45. The Morgan fingerprint density at radius 3 is 2.69 bits per heavy atom. The van der Waals surface area contributed by atoms with Gasteiger partial charge in [0, 0.05) is 23.2 Å². The van der Waals surface area contributed by atoms with Gasteiger partial charge in [0.2, 0.25) is 0 Å². The summed E-state index contributed by atoms with van der Waals surface area (Å²) in [6.45, 7) is 4.96. The van der Waals surface area contributed by atoms with E-state index in [2.05, 4.69) is 18.8 Å². The summed E-state index contributed by atoms with van der Waals surface area (Å²) < 4.78 is 38.6. The molecular weight excluding hydrogens is 397 g/mol. The van der Waals surface area contributed by atoms with Crippen LogP contribution in [0.1, 0.15) is 54.9 Å². The standard InChI is InChI=1S/C22H25F3N2OS/c1-3-16-11-10-15(2)27(13-16)21(28)20-9-5-7-18(26-20)14-29-19-8-4-6-17(12-19)22(23,24)25/h4-9,12,15-16H,3,10-11,13-14H2,1-2H3. The number of alkyl halides is 3. The number of aromatic nitrogens is 1. The lowest BCUT2D eigenvalue weighted by atomic mass is 9.91. The minimum atomic E-state index is -4.36. The Bertz CT molecular complexity index is 856. The molecule has 1 aliphatic rings. The minimum Gasteiger partial charge on any atom is -0.334 e. The molecule has 1 aliphatic heterocycles. The molecule has 2 atom stereocenters. The average molecular weight is 423 g/mol. The molecular formula is C22H25F3N2OS. The Hall–Kier alpha value is -2.02. The number of thioether (sulfide) groups is 1. The molecule has 0 radical (unpaired) electrons. The number of halogens is 3. The summed E-state index contributed by atoms with van der Waals surface area (Å²) in [6.07, 6.45) is -1.17. The predicted molar refractivity (Wildman–Crippen MR) is 109 cm³/mol. The second-order valence-corrected chi connectivity index (χ2v) is 8.54.